The number of carbonyl (C=O) groups is 2. The zero-order chi connectivity index (χ0) is 17.9. The maximum Gasteiger partial charge on any atom is 0.335 e. The molecule has 0 saturated carbocycles. The predicted molar refractivity (Wildman–Crippen MR) is 84.0 cm³/mol. The molecule has 1 heterocycles. The number of aromatic carboxylic acids is 1. The number of hydrogen-bond acceptors (Lipinski definition) is 5. The van der Waals surface area contributed by atoms with Crippen LogP contribution in [0.4, 0.5) is 5.69 Å². The molecule has 0 aliphatic heterocycles. The van der Waals surface area contributed by atoms with Crippen molar-refractivity contribution in [3.05, 3.63) is 56.9 Å². The molecular formula is C15H16N4O5. The Bertz CT molecular complexity index is 795. The first kappa shape index (κ1) is 17.1. The Labute approximate surface area is 137 Å². The quantitative estimate of drug-likeness (QED) is 0.606. The van der Waals surface area contributed by atoms with Crippen molar-refractivity contribution in [3.8, 4) is 0 Å². The third-order valence-corrected chi connectivity index (χ3v) is 3.49. The molecule has 1 amide bonds. The van der Waals surface area contributed by atoms with Gasteiger partial charge in [-0.05, 0) is 31.0 Å². The second-order valence-corrected chi connectivity index (χ2v) is 5.17. The van der Waals surface area contributed by atoms with Crippen LogP contribution in [0.15, 0.2) is 24.3 Å². The second-order valence-electron chi connectivity index (χ2n) is 5.17. The first-order valence-corrected chi connectivity index (χ1v) is 7.09. The number of aromatic nitrogens is 2. The van der Waals surface area contributed by atoms with Crippen molar-refractivity contribution >= 4 is 17.6 Å². The summed E-state index contributed by atoms with van der Waals surface area (Å²) in [5, 5.41) is 26.4. The smallest absolute Gasteiger partial charge is 0.335 e. The van der Waals surface area contributed by atoms with E-state index in [9.17, 15) is 19.7 Å². The highest BCUT2D eigenvalue weighted by atomic mass is 16.6. The normalized spacial score (nSPS) is 10.4. The van der Waals surface area contributed by atoms with Gasteiger partial charge in [-0.1, -0.05) is 12.1 Å². The highest BCUT2D eigenvalue weighted by Crippen LogP contribution is 2.21. The van der Waals surface area contributed by atoms with Crippen molar-refractivity contribution in [2.45, 2.75) is 13.3 Å². The first-order chi connectivity index (χ1) is 11.3. The number of benzene rings is 1. The van der Waals surface area contributed by atoms with E-state index in [1.54, 1.807) is 12.1 Å². The molecular weight excluding hydrogens is 316 g/mol. The molecule has 0 aliphatic carbocycles. The molecule has 1 aromatic carbocycles. The van der Waals surface area contributed by atoms with Crippen LogP contribution in [0, 0.1) is 17.0 Å². The van der Waals surface area contributed by atoms with Gasteiger partial charge in [-0.15, -0.1) is 0 Å². The Hall–Kier alpha value is -3.23. The molecule has 0 fully saturated rings. The summed E-state index contributed by atoms with van der Waals surface area (Å²) in [5.41, 5.74) is 0.802. The number of hydrogen-bond donors (Lipinski definition) is 2. The van der Waals surface area contributed by atoms with Gasteiger partial charge in [0.15, 0.2) is 0 Å². The van der Waals surface area contributed by atoms with Crippen LogP contribution < -0.4 is 5.32 Å². The van der Waals surface area contributed by atoms with Crippen molar-refractivity contribution in [2.24, 2.45) is 7.05 Å². The molecule has 9 heteroatoms. The van der Waals surface area contributed by atoms with Gasteiger partial charge in [-0.25, -0.2) is 4.79 Å². The summed E-state index contributed by atoms with van der Waals surface area (Å²) in [6, 6.07) is 6.28. The van der Waals surface area contributed by atoms with E-state index in [0.29, 0.717) is 6.42 Å². The summed E-state index contributed by atoms with van der Waals surface area (Å²) in [6.45, 7) is 1.73. The van der Waals surface area contributed by atoms with E-state index in [-0.39, 0.29) is 29.2 Å². The molecule has 9 nitrogen and oxygen atoms in total. The first-order valence-electron chi connectivity index (χ1n) is 7.09. The molecule has 24 heavy (non-hydrogen) atoms. The number of aryl methyl sites for hydroxylation is 2. The number of carbonyl (C=O) groups excluding carboxylic acids is 1. The third-order valence-electron chi connectivity index (χ3n) is 3.49. The molecule has 2 N–H and O–H groups in total. The van der Waals surface area contributed by atoms with E-state index < -0.39 is 16.8 Å². The molecule has 0 radical (unpaired) electrons. The molecule has 0 atom stereocenters. The fourth-order valence-corrected chi connectivity index (χ4v) is 2.34. The number of amides is 1. The van der Waals surface area contributed by atoms with Crippen molar-refractivity contribution in [2.75, 3.05) is 6.54 Å². The van der Waals surface area contributed by atoms with Crippen LogP contribution in [-0.4, -0.2) is 38.2 Å². The zero-order valence-corrected chi connectivity index (χ0v) is 13.1. The Morgan fingerprint density at radius 1 is 1.33 bits per heavy atom. The minimum Gasteiger partial charge on any atom is -0.478 e. The van der Waals surface area contributed by atoms with Crippen LogP contribution >= 0.6 is 0 Å². The van der Waals surface area contributed by atoms with E-state index in [2.05, 4.69) is 10.4 Å². The zero-order valence-electron chi connectivity index (χ0n) is 13.1. The van der Waals surface area contributed by atoms with E-state index in [1.807, 2.05) is 0 Å². The minimum atomic E-state index is -1.01. The van der Waals surface area contributed by atoms with Gasteiger partial charge in [0.05, 0.1) is 10.5 Å². The maximum absolute atomic E-state index is 12.2. The molecule has 0 unspecified atom stereocenters. The average molecular weight is 332 g/mol. The highest BCUT2D eigenvalue weighted by Gasteiger charge is 2.28. The van der Waals surface area contributed by atoms with Gasteiger partial charge in [0.25, 0.3) is 5.91 Å². The number of nitro groups is 1. The Kier molecular flexibility index (Phi) is 4.93. The molecule has 126 valence electrons. The monoisotopic (exact) mass is 332 g/mol. The van der Waals surface area contributed by atoms with Crippen molar-refractivity contribution in [1.82, 2.24) is 15.1 Å². The molecule has 2 aromatic rings. The van der Waals surface area contributed by atoms with Crippen LogP contribution in [0.25, 0.3) is 0 Å². The number of nitrogens with zero attached hydrogens (tertiary/aromatic N) is 3. The topological polar surface area (TPSA) is 127 Å². The second kappa shape index (κ2) is 6.90. The van der Waals surface area contributed by atoms with Gasteiger partial charge in [-0.2, -0.15) is 5.10 Å². The standard InChI is InChI=1S/C15H16N4O5/c1-9-12(19(23)24)13(18(2)17-9)14(20)16-8-7-10-3-5-11(6-4-10)15(21)22/h3-6H,7-8H2,1-2H3,(H,16,20)(H,21,22). The maximum atomic E-state index is 12.2. The average Bonchev–Trinajstić information content (AvgIpc) is 2.82. The van der Waals surface area contributed by atoms with E-state index in [0.717, 1.165) is 5.56 Å². The van der Waals surface area contributed by atoms with Crippen LogP contribution in [-0.2, 0) is 13.5 Å². The molecule has 0 spiro atoms. The number of rotatable bonds is 6. The number of carboxylic acid groups (broad SMARTS) is 1. The van der Waals surface area contributed by atoms with Crippen LogP contribution in [0.3, 0.4) is 0 Å². The third kappa shape index (κ3) is 3.57. The van der Waals surface area contributed by atoms with Gasteiger partial charge in [0.1, 0.15) is 5.69 Å². The molecule has 0 saturated heterocycles. The highest BCUT2D eigenvalue weighted by molar-refractivity contribution is 5.96. The van der Waals surface area contributed by atoms with Crippen LogP contribution in [0.5, 0.6) is 0 Å². The fourth-order valence-electron chi connectivity index (χ4n) is 2.34. The largest absolute Gasteiger partial charge is 0.478 e. The van der Waals surface area contributed by atoms with E-state index >= 15 is 0 Å². The van der Waals surface area contributed by atoms with Gasteiger partial charge in [0, 0.05) is 13.6 Å². The number of nitrogens with one attached hydrogen (secondary N) is 1. The number of carboxylic acids is 1. The summed E-state index contributed by atoms with van der Waals surface area (Å²) in [7, 11) is 1.47. The van der Waals surface area contributed by atoms with Crippen molar-refractivity contribution in [3.63, 3.8) is 0 Å². The summed E-state index contributed by atoms with van der Waals surface area (Å²) in [5.74, 6) is -1.58. The fraction of sp³-hybridized carbons (Fsp3) is 0.267. The summed E-state index contributed by atoms with van der Waals surface area (Å²) in [6.07, 6.45) is 0.469. The van der Waals surface area contributed by atoms with Crippen LogP contribution in [0.2, 0.25) is 0 Å². The molecule has 2 rings (SSSR count). The Morgan fingerprint density at radius 3 is 2.50 bits per heavy atom. The van der Waals surface area contributed by atoms with Gasteiger partial charge < -0.3 is 10.4 Å². The SMILES string of the molecule is Cc1nn(C)c(C(=O)NCCc2ccc(C(=O)O)cc2)c1[N+](=O)[O-]. The van der Waals surface area contributed by atoms with Gasteiger partial charge in [0.2, 0.25) is 5.69 Å². The lowest BCUT2D eigenvalue weighted by Gasteiger charge is -2.06. The molecule has 1 aromatic heterocycles. The minimum absolute atomic E-state index is 0.0984. The lowest BCUT2D eigenvalue weighted by Crippen LogP contribution is -2.28. The lowest BCUT2D eigenvalue weighted by molar-refractivity contribution is -0.385. The van der Waals surface area contributed by atoms with Crippen molar-refractivity contribution in [1.29, 1.82) is 0 Å². The van der Waals surface area contributed by atoms with Crippen LogP contribution in [0.1, 0.15) is 32.1 Å². The summed E-state index contributed by atoms with van der Waals surface area (Å²) in [4.78, 5) is 33.4. The lowest BCUT2D eigenvalue weighted by atomic mass is 10.1. The van der Waals surface area contributed by atoms with Gasteiger partial charge in [-0.3, -0.25) is 19.6 Å². The van der Waals surface area contributed by atoms with Gasteiger partial charge >= 0.3 is 11.7 Å². The Morgan fingerprint density at radius 2 is 1.96 bits per heavy atom. The molecule has 0 aliphatic rings. The van der Waals surface area contributed by atoms with E-state index in [1.165, 1.54) is 30.8 Å². The molecule has 0 bridgehead atoms. The summed E-state index contributed by atoms with van der Waals surface area (Å²) >= 11 is 0. The predicted octanol–water partition coefficient (Wildman–Crippen LogP) is 1.31. The van der Waals surface area contributed by atoms with Crippen molar-refractivity contribution < 1.29 is 19.6 Å². The Balaban J connectivity index is 2.01. The van der Waals surface area contributed by atoms with E-state index in [4.69, 9.17) is 5.11 Å². The summed E-state index contributed by atoms with van der Waals surface area (Å²) < 4.78 is 1.18.